The molecule has 0 amide bonds. The first-order valence-corrected chi connectivity index (χ1v) is 10.3. The highest BCUT2D eigenvalue weighted by molar-refractivity contribution is 5.72. The summed E-state index contributed by atoms with van der Waals surface area (Å²) in [7, 11) is 0. The van der Waals surface area contributed by atoms with E-state index in [1.54, 1.807) is 22.7 Å². The van der Waals surface area contributed by atoms with Crippen LogP contribution in [-0.4, -0.2) is 37.9 Å². The largest absolute Gasteiger partial charge is 0.440 e. The summed E-state index contributed by atoms with van der Waals surface area (Å²) in [5.41, 5.74) is 2.71. The lowest BCUT2D eigenvalue weighted by atomic mass is 9.97. The molecule has 0 bridgehead atoms. The van der Waals surface area contributed by atoms with Crippen molar-refractivity contribution >= 4 is 22.6 Å². The Morgan fingerprint density at radius 3 is 2.55 bits per heavy atom. The second-order valence-electron chi connectivity index (χ2n) is 7.75. The fourth-order valence-electron chi connectivity index (χ4n) is 4.18. The molecule has 0 spiro atoms. The standard InChI is InChI=1S/C23H19FN6O/c24-17-6-2-1-5-16(17)22-27-26-20-9-10-21(28-30(20)22)29-13-11-15(12-14-29)23-25-18-7-3-4-8-19(18)31-23/h1-10,15H,11-14H2. The van der Waals surface area contributed by atoms with Crippen molar-refractivity contribution in [3.63, 3.8) is 0 Å². The Hall–Kier alpha value is -3.81. The van der Waals surface area contributed by atoms with Gasteiger partial charge in [0.2, 0.25) is 0 Å². The molecule has 8 heteroatoms. The lowest BCUT2D eigenvalue weighted by Crippen LogP contribution is -2.33. The molecule has 1 aliphatic heterocycles. The summed E-state index contributed by atoms with van der Waals surface area (Å²) in [6, 6.07) is 18.2. The Balaban J connectivity index is 1.25. The zero-order valence-electron chi connectivity index (χ0n) is 16.6. The van der Waals surface area contributed by atoms with E-state index in [1.165, 1.54) is 6.07 Å². The van der Waals surface area contributed by atoms with Crippen LogP contribution in [0, 0.1) is 5.82 Å². The molecule has 6 rings (SSSR count). The van der Waals surface area contributed by atoms with E-state index in [0.717, 1.165) is 48.7 Å². The monoisotopic (exact) mass is 414 g/mol. The molecular formula is C23H19FN6O. The minimum Gasteiger partial charge on any atom is -0.440 e. The SMILES string of the molecule is Fc1ccccc1-c1nnc2ccc(N3CCC(c4nc5ccccc5o4)CC3)nn12. The highest BCUT2D eigenvalue weighted by Gasteiger charge is 2.26. The molecule has 0 N–H and O–H groups in total. The number of aromatic nitrogens is 5. The van der Waals surface area contributed by atoms with Crippen LogP contribution in [0.3, 0.4) is 0 Å². The summed E-state index contributed by atoms with van der Waals surface area (Å²) in [4.78, 5) is 6.89. The average molecular weight is 414 g/mol. The van der Waals surface area contributed by atoms with Crippen molar-refractivity contribution in [2.24, 2.45) is 0 Å². The minimum atomic E-state index is -0.344. The molecule has 1 aliphatic rings. The number of nitrogens with zero attached hydrogens (tertiary/aromatic N) is 6. The number of piperidine rings is 1. The van der Waals surface area contributed by atoms with E-state index in [-0.39, 0.29) is 11.7 Å². The third kappa shape index (κ3) is 3.11. The van der Waals surface area contributed by atoms with Crippen LogP contribution in [0.4, 0.5) is 10.2 Å². The average Bonchev–Trinajstić information content (AvgIpc) is 3.43. The molecule has 154 valence electrons. The number of para-hydroxylation sites is 2. The predicted octanol–water partition coefficient (Wildman–Crippen LogP) is 4.46. The molecule has 31 heavy (non-hydrogen) atoms. The van der Waals surface area contributed by atoms with Crippen LogP contribution in [0.1, 0.15) is 24.7 Å². The number of hydrogen-bond donors (Lipinski definition) is 0. The Bertz CT molecular complexity index is 1350. The van der Waals surface area contributed by atoms with Gasteiger partial charge in [-0.25, -0.2) is 9.37 Å². The third-order valence-electron chi connectivity index (χ3n) is 5.84. The molecule has 5 aromatic rings. The molecule has 0 atom stereocenters. The molecule has 0 radical (unpaired) electrons. The number of oxazole rings is 1. The van der Waals surface area contributed by atoms with Crippen molar-refractivity contribution in [3.05, 3.63) is 72.4 Å². The molecule has 0 unspecified atom stereocenters. The van der Waals surface area contributed by atoms with Gasteiger partial charge in [0.1, 0.15) is 17.2 Å². The fraction of sp³-hybridized carbons (Fsp3) is 0.217. The van der Waals surface area contributed by atoms with Gasteiger partial charge >= 0.3 is 0 Å². The van der Waals surface area contributed by atoms with Crippen LogP contribution in [0.25, 0.3) is 28.1 Å². The smallest absolute Gasteiger partial charge is 0.198 e. The van der Waals surface area contributed by atoms with Gasteiger partial charge in [0.15, 0.2) is 22.9 Å². The number of benzene rings is 2. The second-order valence-corrected chi connectivity index (χ2v) is 7.75. The van der Waals surface area contributed by atoms with Crippen molar-refractivity contribution < 1.29 is 8.81 Å². The lowest BCUT2D eigenvalue weighted by molar-refractivity contribution is 0.406. The maximum Gasteiger partial charge on any atom is 0.198 e. The third-order valence-corrected chi connectivity index (χ3v) is 5.84. The number of hydrogen-bond acceptors (Lipinski definition) is 6. The molecule has 2 aromatic carbocycles. The van der Waals surface area contributed by atoms with Gasteiger partial charge in [0.25, 0.3) is 0 Å². The summed E-state index contributed by atoms with van der Waals surface area (Å²) in [6.45, 7) is 1.66. The van der Waals surface area contributed by atoms with Crippen LogP contribution in [0.2, 0.25) is 0 Å². The first-order chi connectivity index (χ1) is 15.3. The van der Waals surface area contributed by atoms with E-state index in [0.29, 0.717) is 17.0 Å². The van der Waals surface area contributed by atoms with Gasteiger partial charge in [0.05, 0.1) is 5.56 Å². The first kappa shape index (κ1) is 18.0. The predicted molar refractivity (Wildman–Crippen MR) is 114 cm³/mol. The minimum absolute atomic E-state index is 0.288. The second kappa shape index (κ2) is 7.16. The normalized spacial score (nSPS) is 15.2. The summed E-state index contributed by atoms with van der Waals surface area (Å²) in [6.07, 6.45) is 1.85. The summed E-state index contributed by atoms with van der Waals surface area (Å²) < 4.78 is 21.9. The first-order valence-electron chi connectivity index (χ1n) is 10.3. The highest BCUT2D eigenvalue weighted by atomic mass is 19.1. The number of anilines is 1. The van der Waals surface area contributed by atoms with Gasteiger partial charge < -0.3 is 9.32 Å². The molecule has 4 heterocycles. The number of rotatable bonds is 3. The van der Waals surface area contributed by atoms with Gasteiger partial charge in [-0.2, -0.15) is 4.52 Å². The van der Waals surface area contributed by atoms with E-state index in [4.69, 9.17) is 9.52 Å². The van der Waals surface area contributed by atoms with Crippen molar-refractivity contribution in [3.8, 4) is 11.4 Å². The fourth-order valence-corrected chi connectivity index (χ4v) is 4.18. The van der Waals surface area contributed by atoms with Crippen LogP contribution < -0.4 is 4.90 Å². The zero-order valence-corrected chi connectivity index (χ0v) is 16.6. The molecule has 3 aromatic heterocycles. The van der Waals surface area contributed by atoms with Gasteiger partial charge in [0, 0.05) is 19.0 Å². The molecular weight excluding hydrogens is 395 g/mol. The van der Waals surface area contributed by atoms with Crippen LogP contribution in [-0.2, 0) is 0 Å². The van der Waals surface area contributed by atoms with E-state index in [9.17, 15) is 4.39 Å². The van der Waals surface area contributed by atoms with Crippen molar-refractivity contribution in [2.75, 3.05) is 18.0 Å². The van der Waals surface area contributed by atoms with Crippen molar-refractivity contribution in [1.29, 1.82) is 0 Å². The Morgan fingerprint density at radius 2 is 1.71 bits per heavy atom. The summed E-state index contributed by atoms with van der Waals surface area (Å²) in [5.74, 6) is 1.97. The van der Waals surface area contributed by atoms with Crippen LogP contribution >= 0.6 is 0 Å². The molecule has 0 saturated carbocycles. The van der Waals surface area contributed by atoms with Gasteiger partial charge in [-0.1, -0.05) is 24.3 Å². The Kier molecular flexibility index (Phi) is 4.15. The van der Waals surface area contributed by atoms with E-state index < -0.39 is 0 Å². The van der Waals surface area contributed by atoms with Crippen LogP contribution in [0.15, 0.2) is 65.1 Å². The molecule has 7 nitrogen and oxygen atoms in total. The van der Waals surface area contributed by atoms with Crippen molar-refractivity contribution in [1.82, 2.24) is 24.8 Å². The van der Waals surface area contributed by atoms with Crippen molar-refractivity contribution in [2.45, 2.75) is 18.8 Å². The topological polar surface area (TPSA) is 72.3 Å². The highest BCUT2D eigenvalue weighted by Crippen LogP contribution is 2.31. The van der Waals surface area contributed by atoms with E-state index >= 15 is 0 Å². The zero-order chi connectivity index (χ0) is 20.8. The maximum atomic E-state index is 14.3. The summed E-state index contributed by atoms with van der Waals surface area (Å²) >= 11 is 0. The molecule has 0 aliphatic carbocycles. The van der Waals surface area contributed by atoms with Gasteiger partial charge in [-0.05, 0) is 49.2 Å². The Morgan fingerprint density at radius 1 is 0.903 bits per heavy atom. The quantitative estimate of drug-likeness (QED) is 0.434. The molecule has 1 fully saturated rings. The van der Waals surface area contributed by atoms with Crippen LogP contribution in [0.5, 0.6) is 0 Å². The van der Waals surface area contributed by atoms with Gasteiger partial charge in [-0.15, -0.1) is 15.3 Å². The van der Waals surface area contributed by atoms with Gasteiger partial charge in [-0.3, -0.25) is 0 Å². The van der Waals surface area contributed by atoms with E-state index in [1.807, 2.05) is 36.4 Å². The maximum absolute atomic E-state index is 14.3. The molecule has 1 saturated heterocycles. The lowest BCUT2D eigenvalue weighted by Gasteiger charge is -2.31. The number of halogens is 1. The number of fused-ring (bicyclic) bond motifs is 2. The Labute approximate surface area is 177 Å². The summed E-state index contributed by atoms with van der Waals surface area (Å²) in [5, 5.41) is 13.0. The van der Waals surface area contributed by atoms with E-state index in [2.05, 4.69) is 20.1 Å².